The van der Waals surface area contributed by atoms with E-state index in [2.05, 4.69) is 15.2 Å². The lowest BCUT2D eigenvalue weighted by Gasteiger charge is -2.18. The van der Waals surface area contributed by atoms with Crippen LogP contribution in [-0.2, 0) is 9.53 Å². The minimum absolute atomic E-state index is 0.146. The van der Waals surface area contributed by atoms with Crippen molar-refractivity contribution < 1.29 is 9.53 Å². The minimum Gasteiger partial charge on any atom is -0.380 e. The van der Waals surface area contributed by atoms with Gasteiger partial charge in [0.1, 0.15) is 11.6 Å². The summed E-state index contributed by atoms with van der Waals surface area (Å²) < 4.78 is 7.37. The van der Waals surface area contributed by atoms with E-state index < -0.39 is 0 Å². The topological polar surface area (TPSA) is 85.2 Å². The average Bonchev–Trinajstić information content (AvgIpc) is 3.32. The molecule has 1 aliphatic carbocycles. The van der Waals surface area contributed by atoms with Gasteiger partial charge in [-0.1, -0.05) is 6.07 Å². The summed E-state index contributed by atoms with van der Waals surface area (Å²) >= 11 is 0. The molecule has 1 unspecified atom stereocenters. The Hall–Kier alpha value is -3.00. The Balaban J connectivity index is 1.57. The fourth-order valence-electron chi connectivity index (χ4n) is 3.95. The molecule has 29 heavy (non-hydrogen) atoms. The lowest BCUT2D eigenvalue weighted by atomic mass is 10.2. The first-order valence-electron chi connectivity index (χ1n) is 10.0. The van der Waals surface area contributed by atoms with Crippen molar-refractivity contribution in [3.63, 3.8) is 0 Å². The van der Waals surface area contributed by atoms with Crippen LogP contribution in [0.1, 0.15) is 37.8 Å². The maximum atomic E-state index is 11.5. The summed E-state index contributed by atoms with van der Waals surface area (Å²) in [6, 6.07) is 7.88. The van der Waals surface area contributed by atoms with E-state index in [4.69, 9.17) is 14.8 Å². The SMILES string of the molecule is COC1CCN(c2cccc(-n3nc(C4CC4)c4cnc(NC(C)=O)cc43)n2)C1. The molecular weight excluding hydrogens is 368 g/mol. The number of pyridine rings is 2. The molecule has 1 saturated heterocycles. The van der Waals surface area contributed by atoms with Crippen LogP contribution < -0.4 is 10.2 Å². The third-order valence-corrected chi connectivity index (χ3v) is 5.60. The second-order valence-electron chi connectivity index (χ2n) is 7.79. The lowest BCUT2D eigenvalue weighted by Crippen LogP contribution is -2.23. The molecule has 150 valence electrons. The third kappa shape index (κ3) is 3.44. The van der Waals surface area contributed by atoms with Gasteiger partial charge in [-0.2, -0.15) is 5.10 Å². The number of hydrogen-bond donors (Lipinski definition) is 1. The molecule has 8 nitrogen and oxygen atoms in total. The van der Waals surface area contributed by atoms with Crippen LogP contribution in [0.4, 0.5) is 11.6 Å². The predicted octanol–water partition coefficient (Wildman–Crippen LogP) is 2.88. The summed E-state index contributed by atoms with van der Waals surface area (Å²) in [7, 11) is 1.76. The lowest BCUT2D eigenvalue weighted by molar-refractivity contribution is -0.114. The molecule has 0 spiro atoms. The molecule has 1 saturated carbocycles. The molecule has 1 N–H and O–H groups in total. The van der Waals surface area contributed by atoms with Crippen molar-refractivity contribution in [3.8, 4) is 5.82 Å². The number of fused-ring (bicyclic) bond motifs is 1. The van der Waals surface area contributed by atoms with Gasteiger partial charge >= 0.3 is 0 Å². The van der Waals surface area contributed by atoms with Crippen molar-refractivity contribution in [2.45, 2.75) is 38.2 Å². The largest absolute Gasteiger partial charge is 0.380 e. The number of carbonyl (C=O) groups is 1. The van der Waals surface area contributed by atoms with E-state index in [9.17, 15) is 4.79 Å². The molecule has 3 aromatic heterocycles. The predicted molar refractivity (Wildman–Crippen MR) is 111 cm³/mol. The number of aromatic nitrogens is 4. The van der Waals surface area contributed by atoms with Crippen molar-refractivity contribution in [1.82, 2.24) is 19.7 Å². The van der Waals surface area contributed by atoms with E-state index in [0.717, 1.165) is 60.6 Å². The number of methoxy groups -OCH3 is 1. The fraction of sp³-hybridized carbons (Fsp3) is 0.429. The van der Waals surface area contributed by atoms with Crippen molar-refractivity contribution in [2.24, 2.45) is 0 Å². The van der Waals surface area contributed by atoms with Crippen LogP contribution in [0.15, 0.2) is 30.5 Å². The van der Waals surface area contributed by atoms with Gasteiger partial charge < -0.3 is 15.0 Å². The van der Waals surface area contributed by atoms with Crippen LogP contribution in [-0.4, -0.2) is 52.0 Å². The van der Waals surface area contributed by atoms with Crippen molar-refractivity contribution in [2.75, 3.05) is 30.4 Å². The number of carbonyl (C=O) groups excluding carboxylic acids is 1. The first-order valence-corrected chi connectivity index (χ1v) is 10.0. The van der Waals surface area contributed by atoms with Crippen LogP contribution in [0.3, 0.4) is 0 Å². The third-order valence-electron chi connectivity index (χ3n) is 5.60. The van der Waals surface area contributed by atoms with E-state index in [-0.39, 0.29) is 12.0 Å². The zero-order valence-electron chi connectivity index (χ0n) is 16.6. The monoisotopic (exact) mass is 392 g/mol. The number of ether oxygens (including phenoxy) is 1. The van der Waals surface area contributed by atoms with Gasteiger partial charge in [0.05, 0.1) is 17.3 Å². The Labute approximate surface area is 168 Å². The van der Waals surface area contributed by atoms with Crippen LogP contribution in [0.25, 0.3) is 16.7 Å². The van der Waals surface area contributed by atoms with Gasteiger partial charge in [0.25, 0.3) is 0 Å². The summed E-state index contributed by atoms with van der Waals surface area (Å²) in [4.78, 5) is 23.0. The molecule has 2 aliphatic rings. The standard InChI is InChI=1S/C21H24N6O2/c1-13(28)23-18-10-17-16(11-22-18)21(14-6-7-14)25-27(17)20-5-3-4-19(24-20)26-9-8-15(12-26)29-2/h3-5,10-11,14-15H,6-9,12H2,1-2H3,(H,22,23,28). The average molecular weight is 392 g/mol. The highest BCUT2D eigenvalue weighted by Crippen LogP contribution is 2.43. The number of anilines is 2. The zero-order valence-corrected chi connectivity index (χ0v) is 16.6. The van der Waals surface area contributed by atoms with E-state index in [1.54, 1.807) is 7.11 Å². The van der Waals surface area contributed by atoms with Gasteiger partial charge in [-0.25, -0.2) is 14.6 Å². The van der Waals surface area contributed by atoms with Crippen molar-refractivity contribution in [1.29, 1.82) is 0 Å². The molecule has 3 aromatic rings. The molecule has 8 heteroatoms. The van der Waals surface area contributed by atoms with Gasteiger partial charge in [0, 0.05) is 50.7 Å². The van der Waals surface area contributed by atoms with Crippen molar-refractivity contribution >= 4 is 28.4 Å². The Morgan fingerprint density at radius 1 is 1.24 bits per heavy atom. The summed E-state index contributed by atoms with van der Waals surface area (Å²) in [5.41, 5.74) is 1.97. The smallest absolute Gasteiger partial charge is 0.222 e. The van der Waals surface area contributed by atoms with Gasteiger partial charge in [0.15, 0.2) is 5.82 Å². The Morgan fingerprint density at radius 3 is 2.79 bits per heavy atom. The summed E-state index contributed by atoms with van der Waals surface area (Å²) in [6.45, 7) is 3.25. The van der Waals surface area contributed by atoms with E-state index in [1.807, 2.05) is 35.1 Å². The normalized spacial score (nSPS) is 19.1. The molecule has 1 atom stereocenters. The first kappa shape index (κ1) is 18.1. The summed E-state index contributed by atoms with van der Waals surface area (Å²) in [5.74, 6) is 2.55. The molecule has 1 amide bonds. The van der Waals surface area contributed by atoms with Crippen LogP contribution >= 0.6 is 0 Å². The highest BCUT2D eigenvalue weighted by Gasteiger charge is 2.30. The maximum Gasteiger partial charge on any atom is 0.222 e. The maximum absolute atomic E-state index is 11.5. The van der Waals surface area contributed by atoms with Gasteiger partial charge in [-0.15, -0.1) is 0 Å². The molecule has 1 aliphatic heterocycles. The zero-order chi connectivity index (χ0) is 20.0. The Morgan fingerprint density at radius 2 is 2.07 bits per heavy atom. The minimum atomic E-state index is -0.146. The van der Waals surface area contributed by atoms with Gasteiger partial charge in [-0.3, -0.25) is 4.79 Å². The van der Waals surface area contributed by atoms with E-state index >= 15 is 0 Å². The molecule has 5 rings (SSSR count). The van der Waals surface area contributed by atoms with Crippen LogP contribution in [0.2, 0.25) is 0 Å². The highest BCUT2D eigenvalue weighted by atomic mass is 16.5. The number of amides is 1. The fourth-order valence-corrected chi connectivity index (χ4v) is 3.95. The van der Waals surface area contributed by atoms with Gasteiger partial charge in [-0.05, 0) is 31.4 Å². The Kier molecular flexibility index (Phi) is 4.43. The van der Waals surface area contributed by atoms with Crippen LogP contribution in [0.5, 0.6) is 0 Å². The number of rotatable bonds is 5. The molecule has 2 fully saturated rings. The quantitative estimate of drug-likeness (QED) is 0.719. The number of hydrogen-bond acceptors (Lipinski definition) is 6. The number of nitrogens with one attached hydrogen (secondary N) is 1. The summed E-state index contributed by atoms with van der Waals surface area (Å²) in [6.07, 6.45) is 5.37. The van der Waals surface area contributed by atoms with Gasteiger partial charge in [0.2, 0.25) is 5.91 Å². The highest BCUT2D eigenvalue weighted by molar-refractivity contribution is 5.91. The molecule has 0 radical (unpaired) electrons. The summed E-state index contributed by atoms with van der Waals surface area (Å²) in [5, 5.41) is 8.69. The first-order chi connectivity index (χ1) is 14.1. The second kappa shape index (κ2) is 7.11. The second-order valence-corrected chi connectivity index (χ2v) is 7.79. The molecule has 0 bridgehead atoms. The van der Waals surface area contributed by atoms with E-state index in [1.165, 1.54) is 6.92 Å². The molecule has 0 aromatic carbocycles. The Bertz CT molecular complexity index is 1070. The van der Waals surface area contributed by atoms with E-state index in [0.29, 0.717) is 11.7 Å². The van der Waals surface area contributed by atoms with Crippen LogP contribution in [0, 0.1) is 0 Å². The molecule has 4 heterocycles. The number of nitrogens with zero attached hydrogens (tertiary/aromatic N) is 5. The van der Waals surface area contributed by atoms with Crippen molar-refractivity contribution in [3.05, 3.63) is 36.2 Å². The molecular formula is C21H24N6O2.